The molecule has 0 unspecified atom stereocenters. The first-order valence-corrected chi connectivity index (χ1v) is 4.14. The average Bonchev–Trinajstić information content (AvgIpc) is 2.14. The van der Waals surface area contributed by atoms with Gasteiger partial charge >= 0.3 is 12.1 Å². The highest BCUT2D eigenvalue weighted by Gasteiger charge is 2.34. The summed E-state index contributed by atoms with van der Waals surface area (Å²) < 4.78 is 36.8. The number of halogens is 3. The Morgan fingerprint density at radius 3 is 2.53 bits per heavy atom. The van der Waals surface area contributed by atoms with Crippen LogP contribution in [0.25, 0.3) is 0 Å². The fourth-order valence-corrected chi connectivity index (χ4v) is 1.11. The Kier molecular flexibility index (Phi) is 3.30. The molecular formula is C8H5F3N2O4. The number of nitrogens with zero attached hydrogens (tertiary/aromatic N) is 2. The SMILES string of the molecule is O=C(O)Cc1cc(C(F)(F)F)ncc1[N+](=O)[O-]. The number of hydrogen-bond acceptors (Lipinski definition) is 4. The van der Waals surface area contributed by atoms with Crippen LogP contribution >= 0.6 is 0 Å². The molecule has 1 aromatic heterocycles. The molecule has 0 radical (unpaired) electrons. The smallest absolute Gasteiger partial charge is 0.433 e. The number of carboxylic acids is 1. The van der Waals surface area contributed by atoms with Crippen LogP contribution in [0.1, 0.15) is 11.3 Å². The molecule has 0 aliphatic heterocycles. The maximum Gasteiger partial charge on any atom is 0.433 e. The van der Waals surface area contributed by atoms with Gasteiger partial charge in [0.25, 0.3) is 5.69 Å². The van der Waals surface area contributed by atoms with E-state index in [-0.39, 0.29) is 0 Å². The van der Waals surface area contributed by atoms with Crippen LogP contribution < -0.4 is 0 Å². The van der Waals surface area contributed by atoms with Gasteiger partial charge in [-0.3, -0.25) is 14.9 Å². The number of pyridine rings is 1. The molecule has 0 atom stereocenters. The topological polar surface area (TPSA) is 93.3 Å². The van der Waals surface area contributed by atoms with E-state index in [1.807, 2.05) is 0 Å². The molecule has 1 aromatic rings. The van der Waals surface area contributed by atoms with Gasteiger partial charge in [0.1, 0.15) is 11.9 Å². The van der Waals surface area contributed by atoms with Crippen LogP contribution in [0.2, 0.25) is 0 Å². The van der Waals surface area contributed by atoms with E-state index in [0.29, 0.717) is 12.3 Å². The molecule has 1 N–H and O–H groups in total. The second-order valence-corrected chi connectivity index (χ2v) is 3.02. The van der Waals surface area contributed by atoms with Crippen molar-refractivity contribution in [2.45, 2.75) is 12.6 Å². The van der Waals surface area contributed by atoms with Crippen molar-refractivity contribution in [2.24, 2.45) is 0 Å². The molecule has 0 aliphatic carbocycles. The zero-order chi connectivity index (χ0) is 13.2. The van der Waals surface area contributed by atoms with Crippen molar-refractivity contribution in [3.63, 3.8) is 0 Å². The number of alkyl halides is 3. The van der Waals surface area contributed by atoms with Crippen LogP contribution in [-0.2, 0) is 17.4 Å². The third kappa shape index (κ3) is 3.13. The van der Waals surface area contributed by atoms with Gasteiger partial charge in [-0.15, -0.1) is 0 Å². The van der Waals surface area contributed by atoms with E-state index in [1.165, 1.54) is 0 Å². The molecule has 92 valence electrons. The summed E-state index contributed by atoms with van der Waals surface area (Å²) in [5.41, 5.74) is -2.65. The van der Waals surface area contributed by atoms with Gasteiger partial charge in [-0.05, 0) is 6.07 Å². The fraction of sp³-hybridized carbons (Fsp3) is 0.250. The van der Waals surface area contributed by atoms with Gasteiger partial charge in [0, 0.05) is 5.56 Å². The largest absolute Gasteiger partial charge is 0.481 e. The summed E-state index contributed by atoms with van der Waals surface area (Å²) in [4.78, 5) is 22.7. The van der Waals surface area contributed by atoms with Gasteiger partial charge < -0.3 is 5.11 Å². The number of nitro groups is 1. The highest BCUT2D eigenvalue weighted by Crippen LogP contribution is 2.30. The monoisotopic (exact) mass is 250 g/mol. The van der Waals surface area contributed by atoms with Crippen LogP contribution in [0.4, 0.5) is 18.9 Å². The molecule has 9 heteroatoms. The molecule has 0 fully saturated rings. The Balaban J connectivity index is 3.29. The quantitative estimate of drug-likeness (QED) is 0.650. The molecule has 0 saturated heterocycles. The Labute approximate surface area is 91.9 Å². The number of aliphatic carboxylic acids is 1. The van der Waals surface area contributed by atoms with Gasteiger partial charge in [0.15, 0.2) is 0 Å². The molecular weight excluding hydrogens is 245 g/mol. The third-order valence-electron chi connectivity index (χ3n) is 1.79. The van der Waals surface area contributed by atoms with Gasteiger partial charge in [-0.2, -0.15) is 13.2 Å². The molecule has 0 spiro atoms. The summed E-state index contributed by atoms with van der Waals surface area (Å²) >= 11 is 0. The van der Waals surface area contributed by atoms with Crippen molar-refractivity contribution in [3.8, 4) is 0 Å². The lowest BCUT2D eigenvalue weighted by atomic mass is 10.1. The zero-order valence-corrected chi connectivity index (χ0v) is 8.06. The molecule has 0 aliphatic rings. The maximum absolute atomic E-state index is 12.3. The zero-order valence-electron chi connectivity index (χ0n) is 8.06. The third-order valence-corrected chi connectivity index (χ3v) is 1.79. The number of carbonyl (C=O) groups is 1. The van der Waals surface area contributed by atoms with Crippen molar-refractivity contribution in [1.29, 1.82) is 0 Å². The minimum absolute atomic E-state index is 0.367. The summed E-state index contributed by atoms with van der Waals surface area (Å²) in [6.07, 6.45) is -5.24. The Morgan fingerprint density at radius 1 is 1.53 bits per heavy atom. The van der Waals surface area contributed by atoms with Crippen molar-refractivity contribution in [2.75, 3.05) is 0 Å². The van der Waals surface area contributed by atoms with E-state index in [2.05, 4.69) is 4.98 Å². The van der Waals surface area contributed by atoms with E-state index < -0.39 is 40.4 Å². The fourth-order valence-electron chi connectivity index (χ4n) is 1.11. The molecule has 17 heavy (non-hydrogen) atoms. The maximum atomic E-state index is 12.3. The Hall–Kier alpha value is -2.19. The van der Waals surface area contributed by atoms with Gasteiger partial charge in [0.2, 0.25) is 0 Å². The molecule has 0 saturated carbocycles. The summed E-state index contributed by atoms with van der Waals surface area (Å²) in [6.45, 7) is 0. The highest BCUT2D eigenvalue weighted by atomic mass is 19.4. The highest BCUT2D eigenvalue weighted by molar-refractivity contribution is 5.72. The molecule has 6 nitrogen and oxygen atoms in total. The van der Waals surface area contributed by atoms with E-state index in [0.717, 1.165) is 0 Å². The summed E-state index contributed by atoms with van der Waals surface area (Å²) in [5.74, 6) is -1.47. The molecule has 1 rings (SSSR count). The van der Waals surface area contributed by atoms with Crippen LogP contribution in [0.5, 0.6) is 0 Å². The van der Waals surface area contributed by atoms with E-state index in [4.69, 9.17) is 5.11 Å². The first-order valence-electron chi connectivity index (χ1n) is 4.14. The van der Waals surface area contributed by atoms with Crippen LogP contribution in [0.15, 0.2) is 12.3 Å². The number of rotatable bonds is 3. The van der Waals surface area contributed by atoms with Crippen molar-refractivity contribution in [1.82, 2.24) is 4.98 Å². The molecule has 0 bridgehead atoms. The summed E-state index contributed by atoms with van der Waals surface area (Å²) in [5, 5.41) is 18.9. The van der Waals surface area contributed by atoms with Gasteiger partial charge in [0.05, 0.1) is 11.3 Å². The minimum Gasteiger partial charge on any atom is -0.481 e. The van der Waals surface area contributed by atoms with Crippen LogP contribution in [-0.4, -0.2) is 21.0 Å². The van der Waals surface area contributed by atoms with Gasteiger partial charge in [-0.1, -0.05) is 0 Å². The van der Waals surface area contributed by atoms with Crippen molar-refractivity contribution in [3.05, 3.63) is 33.6 Å². The van der Waals surface area contributed by atoms with E-state index in [1.54, 1.807) is 0 Å². The lowest BCUT2D eigenvalue weighted by Gasteiger charge is -2.07. The average molecular weight is 250 g/mol. The number of aromatic nitrogens is 1. The molecule has 1 heterocycles. The first kappa shape index (κ1) is 12.9. The van der Waals surface area contributed by atoms with Crippen molar-refractivity contribution < 1.29 is 28.0 Å². The first-order chi connectivity index (χ1) is 7.71. The Morgan fingerprint density at radius 2 is 2.12 bits per heavy atom. The second-order valence-electron chi connectivity index (χ2n) is 3.02. The second kappa shape index (κ2) is 4.36. The number of carboxylic acid groups (broad SMARTS) is 1. The molecule has 0 amide bonds. The lowest BCUT2D eigenvalue weighted by molar-refractivity contribution is -0.385. The summed E-state index contributed by atoms with van der Waals surface area (Å²) in [7, 11) is 0. The standard InChI is InChI=1S/C8H5F3N2O4/c9-8(10,11)6-1-4(2-7(14)15)5(3-12-6)13(16)17/h1,3H,2H2,(H,14,15). The van der Waals surface area contributed by atoms with Crippen molar-refractivity contribution >= 4 is 11.7 Å². The minimum atomic E-state index is -4.78. The van der Waals surface area contributed by atoms with Crippen LogP contribution in [0.3, 0.4) is 0 Å². The normalized spacial score (nSPS) is 11.2. The van der Waals surface area contributed by atoms with E-state index in [9.17, 15) is 28.1 Å². The van der Waals surface area contributed by atoms with Crippen LogP contribution in [0, 0.1) is 10.1 Å². The van der Waals surface area contributed by atoms with Gasteiger partial charge in [-0.25, -0.2) is 4.98 Å². The van der Waals surface area contributed by atoms with E-state index >= 15 is 0 Å². The molecule has 0 aromatic carbocycles. The summed E-state index contributed by atoms with van der Waals surface area (Å²) in [6, 6.07) is 0.367. The predicted molar refractivity (Wildman–Crippen MR) is 47.2 cm³/mol. The predicted octanol–water partition coefficient (Wildman–Crippen LogP) is 1.64. The number of hydrogen-bond donors (Lipinski definition) is 1. The Bertz CT molecular complexity index is 472. The lowest BCUT2D eigenvalue weighted by Crippen LogP contribution is -2.11.